The molecule has 94 valence electrons. The molecule has 0 fully saturated rings. The number of alkyl halides is 4. The Morgan fingerprint density at radius 3 is 2.71 bits per heavy atom. The summed E-state index contributed by atoms with van der Waals surface area (Å²) in [4.78, 5) is 14.6. The van der Waals surface area contributed by atoms with E-state index in [1.54, 1.807) is 0 Å². The van der Waals surface area contributed by atoms with Crippen LogP contribution in [0, 0.1) is 0 Å². The molecule has 0 aromatic carbocycles. The first-order valence-corrected chi connectivity index (χ1v) is 4.59. The average molecular weight is 251 g/mol. The van der Waals surface area contributed by atoms with Crippen molar-refractivity contribution < 1.29 is 27.1 Å². The molecule has 7 heteroatoms. The molecular formula is C10H9F4NO2. The summed E-state index contributed by atoms with van der Waals surface area (Å²) in [5.74, 6) is -5.10. The van der Waals surface area contributed by atoms with Gasteiger partial charge in [-0.15, -0.1) is 0 Å². The van der Waals surface area contributed by atoms with Gasteiger partial charge in [-0.25, -0.2) is 13.8 Å². The van der Waals surface area contributed by atoms with Crippen LogP contribution in [0.3, 0.4) is 0 Å². The van der Waals surface area contributed by atoms with E-state index in [4.69, 9.17) is 0 Å². The molecule has 0 bridgehead atoms. The predicted octanol–water partition coefficient (Wildman–Crippen LogP) is 2.56. The predicted molar refractivity (Wildman–Crippen MR) is 50.7 cm³/mol. The van der Waals surface area contributed by atoms with Crippen LogP contribution in [0.2, 0.25) is 0 Å². The Morgan fingerprint density at radius 1 is 1.53 bits per heavy atom. The van der Waals surface area contributed by atoms with Gasteiger partial charge in [0.1, 0.15) is 0 Å². The van der Waals surface area contributed by atoms with Gasteiger partial charge >= 0.3 is 12.3 Å². The number of ether oxygens (including phenoxy) is 1. The van der Waals surface area contributed by atoms with Crippen LogP contribution in [0.1, 0.15) is 17.3 Å². The second kappa shape index (κ2) is 5.11. The lowest BCUT2D eigenvalue weighted by Gasteiger charge is -2.16. The van der Waals surface area contributed by atoms with Crippen LogP contribution < -0.4 is 4.74 Å². The number of aromatic nitrogens is 1. The Labute approximate surface area is 94.4 Å². The summed E-state index contributed by atoms with van der Waals surface area (Å²) in [6.45, 7) is -0.336. The molecule has 0 aliphatic heterocycles. The Bertz CT molecular complexity index is 409. The van der Waals surface area contributed by atoms with Crippen molar-refractivity contribution in [3.63, 3.8) is 0 Å². The van der Waals surface area contributed by atoms with Gasteiger partial charge in [0.15, 0.2) is 12.4 Å². The maximum atomic E-state index is 12.6. The zero-order chi connectivity index (χ0) is 13.1. The van der Waals surface area contributed by atoms with Gasteiger partial charge in [-0.1, -0.05) is 0 Å². The van der Waals surface area contributed by atoms with Crippen molar-refractivity contribution >= 4 is 5.78 Å². The van der Waals surface area contributed by atoms with E-state index in [1.165, 1.54) is 25.3 Å². The lowest BCUT2D eigenvalue weighted by Crippen LogP contribution is -2.34. The molecule has 0 radical (unpaired) electrons. The number of ketones is 1. The molecule has 1 rings (SSSR count). The number of hydrogen-bond acceptors (Lipinski definition) is 3. The first-order chi connectivity index (χ1) is 7.84. The topological polar surface area (TPSA) is 39.2 Å². The highest BCUT2D eigenvalue weighted by atomic mass is 19.3. The van der Waals surface area contributed by atoms with E-state index >= 15 is 0 Å². The number of carbonyl (C=O) groups is 1. The monoisotopic (exact) mass is 251 g/mol. The van der Waals surface area contributed by atoms with Crippen LogP contribution in [0.4, 0.5) is 17.6 Å². The molecule has 1 heterocycles. The number of carbonyl (C=O) groups excluding carboxylic acids is 1. The highest BCUT2D eigenvalue weighted by Gasteiger charge is 2.42. The molecule has 0 N–H and O–H groups in total. The second-order valence-corrected chi connectivity index (χ2v) is 3.26. The van der Waals surface area contributed by atoms with Crippen molar-refractivity contribution in [3.8, 4) is 5.88 Å². The Morgan fingerprint density at radius 2 is 2.18 bits per heavy atom. The molecule has 0 aliphatic carbocycles. The highest BCUT2D eigenvalue weighted by molar-refractivity contribution is 5.96. The number of hydrogen-bond donors (Lipinski definition) is 0. The van der Waals surface area contributed by atoms with Crippen molar-refractivity contribution in [1.82, 2.24) is 4.98 Å². The fourth-order valence-electron chi connectivity index (χ4n) is 1.00. The first kappa shape index (κ1) is 13.4. The summed E-state index contributed by atoms with van der Waals surface area (Å²) < 4.78 is 53.3. The van der Waals surface area contributed by atoms with Crippen LogP contribution in [0.25, 0.3) is 0 Å². The molecule has 17 heavy (non-hydrogen) atoms. The van der Waals surface area contributed by atoms with Crippen LogP contribution in [0.15, 0.2) is 18.3 Å². The fourth-order valence-corrected chi connectivity index (χ4v) is 1.00. The van der Waals surface area contributed by atoms with Gasteiger partial charge < -0.3 is 4.74 Å². The third-order valence-corrected chi connectivity index (χ3v) is 1.87. The van der Waals surface area contributed by atoms with Crippen LogP contribution >= 0.6 is 0 Å². The molecule has 1 aromatic heterocycles. The van der Waals surface area contributed by atoms with Crippen molar-refractivity contribution in [3.05, 3.63) is 23.9 Å². The van der Waals surface area contributed by atoms with E-state index in [2.05, 4.69) is 9.72 Å². The minimum Gasteiger partial charge on any atom is -0.470 e. The second-order valence-electron chi connectivity index (χ2n) is 3.26. The lowest BCUT2D eigenvalue weighted by molar-refractivity contribution is -0.148. The van der Waals surface area contributed by atoms with E-state index in [-0.39, 0.29) is 11.4 Å². The standard InChI is InChI=1S/C10H9F4NO2/c1-6(16)7-3-2-4-15-8(7)17-5-10(13,14)9(11)12/h2-4,9H,5H2,1H3. The van der Waals surface area contributed by atoms with Gasteiger partial charge in [-0.2, -0.15) is 8.78 Å². The number of halogens is 4. The summed E-state index contributed by atoms with van der Waals surface area (Å²) in [6, 6.07) is 2.72. The van der Waals surface area contributed by atoms with E-state index in [0.717, 1.165) is 0 Å². The van der Waals surface area contributed by atoms with Gasteiger partial charge in [-0.05, 0) is 19.1 Å². The van der Waals surface area contributed by atoms with Crippen LogP contribution in [-0.2, 0) is 0 Å². The van der Waals surface area contributed by atoms with Gasteiger partial charge in [0, 0.05) is 6.20 Å². The quantitative estimate of drug-likeness (QED) is 0.596. The van der Waals surface area contributed by atoms with Crippen molar-refractivity contribution in [2.45, 2.75) is 19.3 Å². The molecule has 0 unspecified atom stereocenters. The smallest absolute Gasteiger partial charge is 0.340 e. The van der Waals surface area contributed by atoms with E-state index in [0.29, 0.717) is 0 Å². The summed E-state index contributed by atoms with van der Waals surface area (Å²) in [6.07, 6.45) is -2.62. The Balaban J connectivity index is 2.79. The summed E-state index contributed by atoms with van der Waals surface area (Å²) >= 11 is 0. The molecule has 3 nitrogen and oxygen atoms in total. The third kappa shape index (κ3) is 3.40. The van der Waals surface area contributed by atoms with Crippen LogP contribution in [-0.4, -0.2) is 29.7 Å². The Hall–Kier alpha value is -1.66. The first-order valence-electron chi connectivity index (χ1n) is 4.59. The third-order valence-electron chi connectivity index (χ3n) is 1.87. The van der Waals surface area contributed by atoms with E-state index in [1.807, 2.05) is 0 Å². The molecule has 0 atom stereocenters. The zero-order valence-corrected chi connectivity index (χ0v) is 8.79. The molecule has 0 saturated heterocycles. The highest BCUT2D eigenvalue weighted by Crippen LogP contribution is 2.24. The Kier molecular flexibility index (Phi) is 4.03. The van der Waals surface area contributed by atoms with Crippen molar-refractivity contribution in [2.75, 3.05) is 6.61 Å². The van der Waals surface area contributed by atoms with Crippen molar-refractivity contribution in [2.24, 2.45) is 0 Å². The summed E-state index contributed by atoms with van der Waals surface area (Å²) in [5, 5.41) is 0. The van der Waals surface area contributed by atoms with Crippen molar-refractivity contribution in [1.29, 1.82) is 0 Å². The number of Topliss-reactive ketones (excluding diaryl/α,β-unsaturated/α-hetero) is 1. The maximum absolute atomic E-state index is 12.6. The normalized spacial score (nSPS) is 11.6. The van der Waals surface area contributed by atoms with E-state index in [9.17, 15) is 22.4 Å². The summed E-state index contributed by atoms with van der Waals surface area (Å²) in [7, 11) is 0. The minimum atomic E-state index is -4.27. The lowest BCUT2D eigenvalue weighted by atomic mass is 10.2. The number of nitrogens with zero attached hydrogens (tertiary/aromatic N) is 1. The SMILES string of the molecule is CC(=O)c1cccnc1OCC(F)(F)C(F)F. The average Bonchev–Trinajstić information content (AvgIpc) is 2.26. The van der Waals surface area contributed by atoms with E-state index < -0.39 is 24.7 Å². The molecule has 0 saturated carbocycles. The van der Waals surface area contributed by atoms with Gasteiger partial charge in [0.25, 0.3) is 0 Å². The summed E-state index contributed by atoms with van der Waals surface area (Å²) in [5.41, 5.74) is -0.0300. The van der Waals surface area contributed by atoms with Gasteiger partial charge in [0.2, 0.25) is 5.88 Å². The molecule has 0 amide bonds. The fraction of sp³-hybridized carbons (Fsp3) is 0.400. The van der Waals surface area contributed by atoms with Crippen LogP contribution in [0.5, 0.6) is 5.88 Å². The largest absolute Gasteiger partial charge is 0.470 e. The minimum absolute atomic E-state index is 0.0300. The van der Waals surface area contributed by atoms with Gasteiger partial charge in [0.05, 0.1) is 5.56 Å². The number of pyridine rings is 1. The zero-order valence-electron chi connectivity index (χ0n) is 8.79. The molecule has 0 aliphatic rings. The van der Waals surface area contributed by atoms with Gasteiger partial charge in [-0.3, -0.25) is 4.79 Å². The molecular weight excluding hydrogens is 242 g/mol. The maximum Gasteiger partial charge on any atom is 0.340 e. The molecule has 0 spiro atoms. The number of rotatable bonds is 5. The molecule has 1 aromatic rings.